The summed E-state index contributed by atoms with van der Waals surface area (Å²) in [5, 5.41) is 14.9. The third kappa shape index (κ3) is 4.20. The summed E-state index contributed by atoms with van der Waals surface area (Å²) in [7, 11) is 4.08. The number of hydrogen-bond donors (Lipinski definition) is 3. The van der Waals surface area contributed by atoms with Crippen molar-refractivity contribution in [1.29, 1.82) is 0 Å². The Balaban J connectivity index is 1.40. The zero-order valence-electron chi connectivity index (χ0n) is 19.8. The fraction of sp³-hybridized carbons (Fsp3) is 0.391. The molecule has 0 bridgehead atoms. The molecule has 12 nitrogen and oxygen atoms in total. The molecule has 4 aromatic heterocycles. The summed E-state index contributed by atoms with van der Waals surface area (Å²) in [6.45, 7) is 1.46. The Labute approximate surface area is 208 Å². The molecule has 1 atom stereocenters. The van der Waals surface area contributed by atoms with Crippen molar-refractivity contribution in [3.8, 4) is 16.6 Å². The number of H-pyrrole nitrogens is 2. The van der Waals surface area contributed by atoms with Gasteiger partial charge in [-0.15, -0.1) is 11.3 Å². The van der Waals surface area contributed by atoms with Gasteiger partial charge in [-0.3, -0.25) is 9.78 Å². The lowest BCUT2D eigenvalue weighted by Gasteiger charge is -2.19. The smallest absolute Gasteiger partial charge is 0.326 e. The number of carbonyl (C=O) groups is 1. The first-order chi connectivity index (χ1) is 17.4. The summed E-state index contributed by atoms with van der Waals surface area (Å²) in [5.74, 6) is 0.196. The first-order valence-corrected chi connectivity index (χ1v) is 12.6. The van der Waals surface area contributed by atoms with Crippen LogP contribution in [0.2, 0.25) is 0 Å². The summed E-state index contributed by atoms with van der Waals surface area (Å²) >= 11 is 1.36. The third-order valence-electron chi connectivity index (χ3n) is 6.48. The van der Waals surface area contributed by atoms with E-state index >= 15 is 0 Å². The fourth-order valence-corrected chi connectivity index (χ4v) is 5.18. The maximum Gasteiger partial charge on any atom is 0.326 e. The van der Waals surface area contributed by atoms with Crippen LogP contribution in [0.25, 0.3) is 22.4 Å². The van der Waals surface area contributed by atoms with Crippen LogP contribution in [0.15, 0.2) is 28.1 Å². The number of imidazole rings is 1. The second-order valence-electron chi connectivity index (χ2n) is 9.35. The number of likely N-dealkylation sites (N-methyl/N-ethyl adjacent to an activating group) is 1. The van der Waals surface area contributed by atoms with Crippen LogP contribution in [-0.4, -0.2) is 89.6 Å². The SMILES string of the molecule is CN(C)C1CCN(C(=O)c2ccc(-c3nc(=NC4CC4)n4ncc(=Cc5[nH]c(=O)[nH]c5O)c4n3)s2)C1. The number of carbonyl (C=O) groups excluding carboxylic acids is 1. The average Bonchev–Trinajstić information content (AvgIpc) is 3.25. The maximum absolute atomic E-state index is 13.1. The molecule has 1 aliphatic carbocycles. The fourth-order valence-electron chi connectivity index (χ4n) is 4.27. The molecular weight excluding hydrogens is 482 g/mol. The van der Waals surface area contributed by atoms with Crippen molar-refractivity contribution in [3.05, 3.63) is 50.2 Å². The van der Waals surface area contributed by atoms with Crippen LogP contribution in [0.3, 0.4) is 0 Å². The Bertz CT molecular complexity index is 1640. The molecule has 0 radical (unpaired) electrons. The number of hydrogen-bond acceptors (Lipinski definition) is 9. The van der Waals surface area contributed by atoms with Crippen molar-refractivity contribution < 1.29 is 9.90 Å². The summed E-state index contributed by atoms with van der Waals surface area (Å²) in [4.78, 5) is 49.1. The van der Waals surface area contributed by atoms with Gasteiger partial charge >= 0.3 is 5.69 Å². The summed E-state index contributed by atoms with van der Waals surface area (Å²) in [5.41, 5.74) is 0.621. The van der Waals surface area contributed by atoms with Gasteiger partial charge in [0.2, 0.25) is 11.5 Å². The molecule has 13 heteroatoms. The molecule has 2 aliphatic rings. The molecule has 0 spiro atoms. The van der Waals surface area contributed by atoms with Crippen LogP contribution in [0, 0.1) is 0 Å². The topological polar surface area (TPSA) is 148 Å². The van der Waals surface area contributed by atoms with Gasteiger partial charge in [-0.2, -0.15) is 14.6 Å². The van der Waals surface area contributed by atoms with Crippen LogP contribution < -0.4 is 16.5 Å². The zero-order valence-corrected chi connectivity index (χ0v) is 20.6. The highest BCUT2D eigenvalue weighted by Gasteiger charge is 2.29. The molecule has 1 amide bonds. The lowest BCUT2D eigenvalue weighted by Crippen LogP contribution is -2.34. The molecule has 6 rings (SSSR count). The van der Waals surface area contributed by atoms with E-state index in [1.165, 1.54) is 11.3 Å². The highest BCUT2D eigenvalue weighted by Crippen LogP contribution is 2.28. The predicted molar refractivity (Wildman–Crippen MR) is 133 cm³/mol. The monoisotopic (exact) mass is 507 g/mol. The van der Waals surface area contributed by atoms with Gasteiger partial charge in [0.05, 0.1) is 22.0 Å². The minimum Gasteiger partial charge on any atom is -0.493 e. The molecule has 0 aromatic carbocycles. The lowest BCUT2D eigenvalue weighted by atomic mass is 10.2. The summed E-state index contributed by atoms with van der Waals surface area (Å²) in [6.07, 6.45) is 6.14. The number of aromatic amines is 2. The number of aromatic hydroxyl groups is 1. The quantitative estimate of drug-likeness (QED) is 0.343. The molecule has 186 valence electrons. The van der Waals surface area contributed by atoms with Crippen molar-refractivity contribution in [2.24, 2.45) is 4.99 Å². The van der Waals surface area contributed by atoms with Gasteiger partial charge in [-0.1, -0.05) is 0 Å². The van der Waals surface area contributed by atoms with Crippen LogP contribution in [-0.2, 0) is 0 Å². The minimum absolute atomic E-state index is 0.0184. The molecular formula is C23H25N9O3S. The van der Waals surface area contributed by atoms with Crippen molar-refractivity contribution in [1.82, 2.24) is 39.3 Å². The molecule has 5 heterocycles. The number of fused-ring (bicyclic) bond motifs is 1. The van der Waals surface area contributed by atoms with Crippen molar-refractivity contribution >= 4 is 29.0 Å². The number of rotatable bonds is 5. The van der Waals surface area contributed by atoms with E-state index in [0.717, 1.165) is 37.2 Å². The Morgan fingerprint density at radius 1 is 1.25 bits per heavy atom. The first kappa shape index (κ1) is 22.6. The number of amides is 1. The number of aromatic nitrogens is 6. The second kappa shape index (κ2) is 8.68. The Morgan fingerprint density at radius 2 is 2.08 bits per heavy atom. The van der Waals surface area contributed by atoms with Gasteiger partial charge in [0, 0.05) is 24.4 Å². The molecule has 4 aromatic rings. The number of nitrogens with one attached hydrogen (secondary N) is 2. The number of likely N-dealkylation sites (tertiary alicyclic amines) is 1. The van der Waals surface area contributed by atoms with E-state index in [0.29, 0.717) is 33.2 Å². The van der Waals surface area contributed by atoms with Crippen molar-refractivity contribution in [3.63, 3.8) is 0 Å². The average molecular weight is 508 g/mol. The van der Waals surface area contributed by atoms with E-state index < -0.39 is 5.69 Å². The van der Waals surface area contributed by atoms with E-state index in [9.17, 15) is 14.7 Å². The Morgan fingerprint density at radius 3 is 2.78 bits per heavy atom. The lowest BCUT2D eigenvalue weighted by molar-refractivity contribution is 0.0788. The zero-order chi connectivity index (χ0) is 25.0. The van der Waals surface area contributed by atoms with Crippen LogP contribution >= 0.6 is 11.3 Å². The van der Waals surface area contributed by atoms with Crippen molar-refractivity contribution in [2.75, 3.05) is 27.2 Å². The Hall–Kier alpha value is -3.84. The highest BCUT2D eigenvalue weighted by atomic mass is 32.1. The van der Waals surface area contributed by atoms with Gasteiger partial charge in [0.25, 0.3) is 5.91 Å². The molecule has 1 saturated heterocycles. The van der Waals surface area contributed by atoms with Gasteiger partial charge < -0.3 is 19.9 Å². The van der Waals surface area contributed by atoms with Crippen LogP contribution in [0.1, 0.15) is 34.6 Å². The molecule has 1 unspecified atom stereocenters. The second-order valence-corrected chi connectivity index (χ2v) is 10.4. The standard InChI is InChI=1S/C23H25N9O3S/c1-30(2)14-7-8-31(11-14)21(34)17-6-5-16(36-17)18-27-19-12(9-15-20(33)29-23(35)26-15)10-24-32(19)22(28-18)25-13-3-4-13/h5-6,9-10,13-14,33H,3-4,7-8,11H2,1-2H3,(H2,26,29,35). The number of thiophene rings is 1. The van der Waals surface area contributed by atoms with Crippen molar-refractivity contribution in [2.45, 2.75) is 31.3 Å². The third-order valence-corrected chi connectivity index (χ3v) is 7.55. The van der Waals surface area contributed by atoms with Crippen LogP contribution in [0.5, 0.6) is 5.88 Å². The van der Waals surface area contributed by atoms with Crippen LogP contribution in [0.4, 0.5) is 0 Å². The Kier molecular flexibility index (Phi) is 5.45. The van der Waals surface area contributed by atoms with E-state index in [4.69, 9.17) is 9.98 Å². The predicted octanol–water partition coefficient (Wildman–Crippen LogP) is -0.0383. The maximum atomic E-state index is 13.1. The van der Waals surface area contributed by atoms with Gasteiger partial charge in [-0.05, 0) is 51.6 Å². The normalized spacial score (nSPS) is 19.3. The highest BCUT2D eigenvalue weighted by molar-refractivity contribution is 7.17. The molecule has 3 N–H and O–H groups in total. The van der Waals surface area contributed by atoms with E-state index in [1.54, 1.807) is 16.8 Å². The molecule has 1 aliphatic heterocycles. The molecule has 36 heavy (non-hydrogen) atoms. The summed E-state index contributed by atoms with van der Waals surface area (Å²) < 4.78 is 1.56. The van der Waals surface area contributed by atoms with E-state index in [-0.39, 0.29) is 23.5 Å². The summed E-state index contributed by atoms with van der Waals surface area (Å²) in [6, 6.07) is 4.26. The molecule has 2 fully saturated rings. The molecule has 1 saturated carbocycles. The minimum atomic E-state index is -0.513. The number of nitrogens with zero attached hydrogens (tertiary/aromatic N) is 7. The van der Waals surface area contributed by atoms with Gasteiger partial charge in [-0.25, -0.2) is 14.8 Å². The largest absolute Gasteiger partial charge is 0.493 e. The first-order valence-electron chi connectivity index (χ1n) is 11.7. The van der Waals surface area contributed by atoms with E-state index in [2.05, 4.69) is 25.0 Å². The van der Waals surface area contributed by atoms with Gasteiger partial charge in [0.1, 0.15) is 5.69 Å². The van der Waals surface area contributed by atoms with Gasteiger partial charge in [0.15, 0.2) is 11.5 Å². The van der Waals surface area contributed by atoms with E-state index in [1.807, 2.05) is 31.1 Å².